The Morgan fingerprint density at radius 2 is 0.697 bits per heavy atom. The molecule has 0 nitrogen and oxygen atoms in total. The Morgan fingerprint density at radius 1 is 0.348 bits per heavy atom. The van der Waals surface area contributed by atoms with Crippen LogP contribution in [0.5, 0.6) is 0 Å². The molecule has 3 heteroatoms. The zero-order valence-corrected chi connectivity index (χ0v) is 40.9. The van der Waals surface area contributed by atoms with Crippen molar-refractivity contribution in [1.29, 1.82) is 0 Å². The molecule has 0 saturated carbocycles. The second-order valence-electron chi connectivity index (χ2n) is 18.6. The third kappa shape index (κ3) is 5.58. The molecule has 0 fully saturated rings. The number of allylic oxidation sites excluding steroid dienone is 2. The number of halogens is 2. The standard InChI is InChI=1S/2C25H19.C13H8.2ClH.Zr/c2*1-2-17-14-18-9-7-13-23(24(18)15-17)25-16-19-8-3-4-10-20(19)21-11-5-6-12-22(21)25;1-3-7-12-10(5-1)9-11-6-2-4-8-13(11)12;;;/h2*3-16H,2H2,1H3;1-8H;2*1H;/q;;;;;+2/p-2. The van der Waals surface area contributed by atoms with Gasteiger partial charge >= 0.3 is 397 Å². The zero-order valence-electron chi connectivity index (χ0n) is 37.0. The van der Waals surface area contributed by atoms with Gasteiger partial charge in [0.1, 0.15) is 0 Å². The Kier molecular flexibility index (Phi) is 9.19. The van der Waals surface area contributed by atoms with E-state index >= 15 is 0 Å². The van der Waals surface area contributed by atoms with Gasteiger partial charge in [-0.05, 0) is 0 Å². The van der Waals surface area contributed by atoms with E-state index in [0.717, 1.165) is 12.8 Å². The first-order valence-corrected chi connectivity index (χ1v) is 33.9. The van der Waals surface area contributed by atoms with Crippen molar-refractivity contribution in [2.24, 2.45) is 0 Å². The third-order valence-electron chi connectivity index (χ3n) is 15.5. The van der Waals surface area contributed by atoms with Crippen molar-refractivity contribution in [2.75, 3.05) is 0 Å². The van der Waals surface area contributed by atoms with Crippen LogP contribution in [0.4, 0.5) is 0 Å². The molecule has 2 unspecified atom stereocenters. The van der Waals surface area contributed by atoms with Gasteiger partial charge in [-0.15, -0.1) is 0 Å². The van der Waals surface area contributed by atoms with Crippen molar-refractivity contribution >= 4 is 75.5 Å². The van der Waals surface area contributed by atoms with E-state index in [0.29, 0.717) is 0 Å². The summed E-state index contributed by atoms with van der Waals surface area (Å²) in [6.45, 7) is 4.62. The number of hydrogen-bond donors (Lipinski definition) is 0. The average molecular weight is 965 g/mol. The van der Waals surface area contributed by atoms with E-state index < -0.39 is 15.9 Å². The molecule has 10 aromatic carbocycles. The van der Waals surface area contributed by atoms with Crippen LogP contribution in [0.3, 0.4) is 0 Å². The van der Waals surface area contributed by atoms with Crippen LogP contribution in [0, 0.1) is 0 Å². The molecule has 0 aromatic heterocycles. The summed E-state index contributed by atoms with van der Waals surface area (Å²) >= 11 is -5.85. The first kappa shape index (κ1) is 40.3. The summed E-state index contributed by atoms with van der Waals surface area (Å²) in [4.78, 5) is 0. The summed E-state index contributed by atoms with van der Waals surface area (Å²) in [5.41, 5.74) is 17.4. The van der Waals surface area contributed by atoms with E-state index in [4.69, 9.17) is 0 Å². The Labute approximate surface area is 394 Å². The fourth-order valence-corrected chi connectivity index (χ4v) is 35.9. The van der Waals surface area contributed by atoms with Crippen LogP contribution in [0.2, 0.25) is 0 Å². The molecule has 10 aromatic rings. The van der Waals surface area contributed by atoms with Gasteiger partial charge in [0.15, 0.2) is 0 Å². The van der Waals surface area contributed by atoms with Crippen molar-refractivity contribution in [3.8, 4) is 33.4 Å². The molecule has 0 N–H and O–H groups in total. The number of hydrogen-bond acceptors (Lipinski definition) is 0. The summed E-state index contributed by atoms with van der Waals surface area (Å²) in [7, 11) is 18.9. The molecule has 0 heterocycles. The molecule has 0 spiro atoms. The van der Waals surface area contributed by atoms with Gasteiger partial charge < -0.3 is 0 Å². The van der Waals surface area contributed by atoms with Crippen molar-refractivity contribution in [3.63, 3.8) is 0 Å². The topological polar surface area (TPSA) is 0 Å². The van der Waals surface area contributed by atoms with Crippen LogP contribution in [0.25, 0.3) is 88.6 Å². The molecule has 316 valence electrons. The molecule has 0 aliphatic heterocycles. The maximum atomic E-state index is 9.47. The van der Waals surface area contributed by atoms with Gasteiger partial charge in [0.25, 0.3) is 0 Å². The zero-order chi connectivity index (χ0) is 44.3. The fraction of sp³-hybridized carbons (Fsp3) is 0.0952. The minimum absolute atomic E-state index is 0.188. The third-order valence-corrected chi connectivity index (χ3v) is 35.1. The van der Waals surface area contributed by atoms with Gasteiger partial charge in [0, 0.05) is 0 Å². The molecule has 0 radical (unpaired) electrons. The van der Waals surface area contributed by atoms with E-state index in [1.807, 2.05) is 0 Å². The number of rotatable bonds is 6. The Morgan fingerprint density at radius 3 is 1.12 bits per heavy atom. The summed E-state index contributed by atoms with van der Waals surface area (Å²) in [5.74, 6) is 0. The molecular formula is C63H46Cl2Zr. The molecule has 2 atom stereocenters. The molecule has 3 aliphatic carbocycles. The van der Waals surface area contributed by atoms with Crippen LogP contribution in [-0.4, -0.2) is 3.21 Å². The quantitative estimate of drug-likeness (QED) is 0.146. The molecule has 0 saturated heterocycles. The normalized spacial score (nSPS) is 16.4. The van der Waals surface area contributed by atoms with Gasteiger partial charge in [-0.1, -0.05) is 0 Å². The van der Waals surface area contributed by atoms with E-state index in [1.165, 1.54) is 124 Å². The molecule has 0 bridgehead atoms. The molecule has 66 heavy (non-hydrogen) atoms. The fourth-order valence-electron chi connectivity index (χ4n) is 12.8. The Balaban J connectivity index is 1.13. The van der Waals surface area contributed by atoms with E-state index in [2.05, 4.69) is 220 Å². The van der Waals surface area contributed by atoms with Crippen LogP contribution in [-0.2, 0) is 15.9 Å². The first-order chi connectivity index (χ1) is 32.4. The van der Waals surface area contributed by atoms with Crippen molar-refractivity contribution in [1.82, 2.24) is 0 Å². The number of benzene rings is 10. The molecular weight excluding hydrogens is 919 g/mol. The predicted octanol–water partition coefficient (Wildman–Crippen LogP) is 18.3. The van der Waals surface area contributed by atoms with Crippen molar-refractivity contribution in [2.45, 2.75) is 33.9 Å². The molecule has 0 amide bonds. The van der Waals surface area contributed by atoms with Crippen molar-refractivity contribution in [3.05, 3.63) is 239 Å². The van der Waals surface area contributed by atoms with Crippen LogP contribution in [0.15, 0.2) is 205 Å². The second kappa shape index (κ2) is 15.0. The minimum atomic E-state index is -5.85. The van der Waals surface area contributed by atoms with Gasteiger partial charge in [0.05, 0.1) is 0 Å². The molecule has 3 aliphatic rings. The van der Waals surface area contributed by atoms with E-state index in [9.17, 15) is 17.0 Å². The number of fused-ring (bicyclic) bond motifs is 11. The Bertz CT molecular complexity index is 3630. The van der Waals surface area contributed by atoms with Crippen LogP contribution < -0.4 is 0 Å². The van der Waals surface area contributed by atoms with Crippen LogP contribution in [0.1, 0.15) is 67.3 Å². The van der Waals surface area contributed by atoms with Gasteiger partial charge in [0.2, 0.25) is 0 Å². The second-order valence-corrected chi connectivity index (χ2v) is 39.1. The maximum absolute atomic E-state index is 9.47. The van der Waals surface area contributed by atoms with E-state index in [-0.39, 0.29) is 7.25 Å². The summed E-state index contributed by atoms with van der Waals surface area (Å²) < 4.78 is 0.821. The van der Waals surface area contributed by atoms with E-state index in [1.54, 1.807) is 0 Å². The molecule has 13 rings (SSSR count). The summed E-state index contributed by atoms with van der Waals surface area (Å²) in [6, 6.07) is 71.9. The Hall–Kier alpha value is -5.95. The first-order valence-electron chi connectivity index (χ1n) is 23.5. The van der Waals surface area contributed by atoms with Crippen LogP contribution >= 0.6 is 17.0 Å². The summed E-state index contributed by atoms with van der Waals surface area (Å²) in [5, 5.41) is 10.1. The average Bonchev–Trinajstić information content (AvgIpc) is 4.07. The monoisotopic (exact) mass is 962 g/mol. The predicted molar refractivity (Wildman–Crippen MR) is 283 cm³/mol. The SMILES string of the molecule is CCC1=Cc2c(-c3cc4ccccc4c4ccccc34)cccc2[CH]1[Zr]([Cl])([Cl])(=[C]1c2ccccc2-c2ccccc21)[CH]1C(CC)=Cc2c(-c3cc4ccccc4c4ccccc34)cccc21. The van der Waals surface area contributed by atoms with Crippen molar-refractivity contribution < 1.29 is 15.9 Å². The van der Waals surface area contributed by atoms with Gasteiger partial charge in [-0.3, -0.25) is 0 Å². The summed E-state index contributed by atoms with van der Waals surface area (Å²) in [6.07, 6.45) is 6.66. The van der Waals surface area contributed by atoms with Gasteiger partial charge in [-0.2, -0.15) is 0 Å². The van der Waals surface area contributed by atoms with Gasteiger partial charge in [-0.25, -0.2) is 0 Å².